The zero-order valence-electron chi connectivity index (χ0n) is 8.99. The van der Waals surface area contributed by atoms with Gasteiger partial charge in [-0.25, -0.2) is 0 Å². The van der Waals surface area contributed by atoms with Crippen LogP contribution < -0.4 is 4.46 Å². The van der Waals surface area contributed by atoms with E-state index in [-0.39, 0.29) is 5.60 Å². The Labute approximate surface area is 93.0 Å². The molecule has 1 aromatic carbocycles. The van der Waals surface area contributed by atoms with Crippen molar-refractivity contribution in [3.63, 3.8) is 0 Å². The van der Waals surface area contributed by atoms with Gasteiger partial charge < -0.3 is 0 Å². The van der Waals surface area contributed by atoms with Crippen LogP contribution in [-0.4, -0.2) is 27.7 Å². The Hall–Kier alpha value is -0.301. The van der Waals surface area contributed by atoms with Gasteiger partial charge in [0.1, 0.15) is 0 Å². The molecule has 0 aliphatic heterocycles. The zero-order valence-corrected chi connectivity index (χ0v) is 10.7. The summed E-state index contributed by atoms with van der Waals surface area (Å²) in [6.07, 6.45) is 2.25. The van der Waals surface area contributed by atoms with Gasteiger partial charge in [0, 0.05) is 0 Å². The molecule has 14 heavy (non-hydrogen) atoms. The first kappa shape index (κ1) is 11.8. The molecule has 0 heterocycles. The van der Waals surface area contributed by atoms with Gasteiger partial charge in [-0.1, -0.05) is 0 Å². The van der Waals surface area contributed by atoms with Gasteiger partial charge in [0.2, 0.25) is 0 Å². The van der Waals surface area contributed by atoms with Crippen LogP contribution in [0.2, 0.25) is 5.32 Å². The topological polar surface area (TPSA) is 9.23 Å². The third kappa shape index (κ3) is 4.28. The third-order valence-electron chi connectivity index (χ3n) is 2.09. The molecule has 0 aromatic heterocycles. The summed E-state index contributed by atoms with van der Waals surface area (Å²) in [5.41, 5.74) is -0.0868. The average molecular weight is 256 g/mol. The van der Waals surface area contributed by atoms with Crippen molar-refractivity contribution in [1.82, 2.24) is 0 Å². The minimum atomic E-state index is -0.0868. The van der Waals surface area contributed by atoms with E-state index in [9.17, 15) is 0 Å². The van der Waals surface area contributed by atoms with E-state index in [2.05, 4.69) is 50.6 Å². The van der Waals surface area contributed by atoms with Gasteiger partial charge in [-0.3, -0.25) is 0 Å². The predicted molar refractivity (Wildman–Crippen MR) is 62.0 cm³/mol. The monoisotopic (exact) mass is 257 g/mol. The second-order valence-electron chi connectivity index (χ2n) is 3.64. The Kier molecular flexibility index (Phi) is 4.67. The molecule has 2 heteroatoms. The molecule has 1 aromatic rings. The van der Waals surface area contributed by atoms with E-state index >= 15 is 0 Å². The molecule has 0 saturated heterocycles. The van der Waals surface area contributed by atoms with Crippen LogP contribution in [-0.2, 0) is 4.74 Å². The van der Waals surface area contributed by atoms with Crippen molar-refractivity contribution in [2.24, 2.45) is 0 Å². The fourth-order valence-electron chi connectivity index (χ4n) is 0.939. The van der Waals surface area contributed by atoms with E-state index in [0.29, 0.717) is 15.0 Å². The molecule has 0 aliphatic rings. The van der Waals surface area contributed by atoms with Crippen LogP contribution in [0, 0.1) is 6.42 Å². The molecule has 0 atom stereocenters. The second kappa shape index (κ2) is 5.55. The second-order valence-corrected chi connectivity index (χ2v) is 5.93. The molecule has 0 aliphatic carbocycles. The molecule has 0 saturated carbocycles. The zero-order chi connectivity index (χ0) is 10.4. The molecule has 77 valence electrons. The van der Waals surface area contributed by atoms with Gasteiger partial charge >= 0.3 is 92.8 Å². The molecule has 0 spiro atoms. The summed E-state index contributed by atoms with van der Waals surface area (Å²) < 4.78 is 6.78. The van der Waals surface area contributed by atoms with Gasteiger partial charge in [-0.2, -0.15) is 0 Å². The van der Waals surface area contributed by atoms with Crippen molar-refractivity contribution in [1.29, 1.82) is 0 Å². The number of rotatable bonds is 5. The van der Waals surface area contributed by atoms with Gasteiger partial charge in [0.15, 0.2) is 0 Å². The Bertz CT molecular complexity index is 256. The molecule has 1 nitrogen and oxygen atoms in total. The summed E-state index contributed by atoms with van der Waals surface area (Å²) in [4.78, 5) is 0. The van der Waals surface area contributed by atoms with E-state index < -0.39 is 0 Å². The quantitative estimate of drug-likeness (QED) is 0.733. The maximum atomic E-state index is 5.33. The summed E-state index contributed by atoms with van der Waals surface area (Å²) in [7, 11) is 1.76. The molecular formula is C12H17OSe. The Morgan fingerprint density at radius 1 is 1.29 bits per heavy atom. The van der Waals surface area contributed by atoms with Gasteiger partial charge in [-0.05, 0) is 0 Å². The molecule has 0 unspecified atom stereocenters. The van der Waals surface area contributed by atoms with Crippen molar-refractivity contribution in [3.8, 4) is 0 Å². The fraction of sp³-hybridized carbons (Fsp3) is 0.417. The van der Waals surface area contributed by atoms with Crippen molar-refractivity contribution in [2.75, 3.05) is 7.11 Å². The van der Waals surface area contributed by atoms with Crippen LogP contribution in [0.15, 0.2) is 30.3 Å². The Balaban J connectivity index is 2.29. The maximum absolute atomic E-state index is 5.33. The average Bonchev–Trinajstić information content (AvgIpc) is 2.19. The number of hydrogen-bond donors (Lipinski definition) is 0. The first-order valence-corrected chi connectivity index (χ1v) is 6.78. The summed E-state index contributed by atoms with van der Waals surface area (Å²) in [5.74, 6) is 0. The van der Waals surface area contributed by atoms with Crippen LogP contribution in [0.1, 0.15) is 13.8 Å². The van der Waals surface area contributed by atoms with Crippen molar-refractivity contribution in [3.05, 3.63) is 36.8 Å². The van der Waals surface area contributed by atoms with Gasteiger partial charge in [0.25, 0.3) is 0 Å². The van der Waals surface area contributed by atoms with Crippen LogP contribution >= 0.6 is 0 Å². The van der Waals surface area contributed by atoms with Crippen LogP contribution in [0.3, 0.4) is 0 Å². The first-order valence-electron chi connectivity index (χ1n) is 4.71. The minimum absolute atomic E-state index is 0.0868. The van der Waals surface area contributed by atoms with Crippen LogP contribution in [0.5, 0.6) is 0 Å². The molecule has 0 bridgehead atoms. The first-order chi connectivity index (χ1) is 6.64. The SMILES string of the molecule is COC(C)(C)[CH]C[Se]c1ccccc1. The van der Waals surface area contributed by atoms with Crippen molar-refractivity contribution < 1.29 is 4.74 Å². The van der Waals surface area contributed by atoms with Gasteiger partial charge in [-0.15, -0.1) is 0 Å². The normalized spacial score (nSPS) is 11.6. The summed E-state index contributed by atoms with van der Waals surface area (Å²) >= 11 is 0.539. The number of hydrogen-bond acceptors (Lipinski definition) is 1. The molecule has 1 rings (SSSR count). The molecule has 0 amide bonds. The molecule has 1 radical (unpaired) electrons. The van der Waals surface area contributed by atoms with Crippen LogP contribution in [0.25, 0.3) is 0 Å². The van der Waals surface area contributed by atoms with E-state index in [1.807, 2.05) is 0 Å². The Morgan fingerprint density at radius 3 is 2.50 bits per heavy atom. The number of benzene rings is 1. The molecule has 0 fully saturated rings. The van der Waals surface area contributed by atoms with E-state index in [0.717, 1.165) is 5.32 Å². The Morgan fingerprint density at radius 2 is 1.93 bits per heavy atom. The number of methoxy groups -OCH3 is 1. The molecular weight excluding hydrogens is 239 g/mol. The van der Waals surface area contributed by atoms with E-state index in [4.69, 9.17) is 4.74 Å². The van der Waals surface area contributed by atoms with Crippen LogP contribution in [0.4, 0.5) is 0 Å². The van der Waals surface area contributed by atoms with Gasteiger partial charge in [0.05, 0.1) is 0 Å². The fourth-order valence-corrected chi connectivity index (χ4v) is 3.09. The standard InChI is InChI=1S/C12H17OSe/c1-12(2,13-3)9-10-14-11-7-5-4-6-8-11/h4-9H,10H2,1-3H3. The van der Waals surface area contributed by atoms with E-state index in [1.165, 1.54) is 4.46 Å². The predicted octanol–water partition coefficient (Wildman–Crippen LogP) is 2.06. The third-order valence-corrected chi connectivity index (χ3v) is 4.06. The summed E-state index contributed by atoms with van der Waals surface area (Å²) in [6.45, 7) is 4.18. The summed E-state index contributed by atoms with van der Waals surface area (Å²) in [5, 5.41) is 1.12. The summed E-state index contributed by atoms with van der Waals surface area (Å²) in [6, 6.07) is 10.6. The van der Waals surface area contributed by atoms with Crippen molar-refractivity contribution >= 4 is 19.4 Å². The van der Waals surface area contributed by atoms with Crippen molar-refractivity contribution in [2.45, 2.75) is 24.8 Å². The molecule has 0 N–H and O–H groups in total. The van der Waals surface area contributed by atoms with E-state index in [1.54, 1.807) is 7.11 Å². The number of ether oxygens (including phenoxy) is 1.